The molecule has 3 aromatic rings. The van der Waals surface area contributed by atoms with E-state index in [0.717, 1.165) is 16.3 Å². The van der Waals surface area contributed by atoms with E-state index in [4.69, 9.17) is 4.74 Å². The third-order valence-corrected chi connectivity index (χ3v) is 4.76. The second-order valence-corrected chi connectivity index (χ2v) is 6.87. The molecule has 1 aliphatic heterocycles. The van der Waals surface area contributed by atoms with Gasteiger partial charge in [0, 0.05) is 17.2 Å². The van der Waals surface area contributed by atoms with Crippen molar-refractivity contribution in [3.05, 3.63) is 98.6 Å². The van der Waals surface area contributed by atoms with Gasteiger partial charge in [-0.2, -0.15) is 0 Å². The Labute approximate surface area is 161 Å². The van der Waals surface area contributed by atoms with E-state index in [2.05, 4.69) is 6.07 Å². The maximum absolute atomic E-state index is 12.3. The molecule has 0 aromatic heterocycles. The van der Waals surface area contributed by atoms with Crippen LogP contribution in [0.4, 0.5) is 5.69 Å². The van der Waals surface area contributed by atoms with E-state index >= 15 is 0 Å². The highest BCUT2D eigenvalue weighted by Crippen LogP contribution is 2.30. The van der Waals surface area contributed by atoms with Crippen LogP contribution in [-0.2, 0) is 9.53 Å². The first-order valence-corrected chi connectivity index (χ1v) is 8.82. The molecule has 28 heavy (non-hydrogen) atoms. The Balaban J connectivity index is 1.70. The van der Waals surface area contributed by atoms with E-state index < -0.39 is 10.9 Å². The van der Waals surface area contributed by atoms with Gasteiger partial charge in [-0.3, -0.25) is 10.1 Å². The molecule has 5 heteroatoms. The number of carbonyl (C=O) groups excluding carboxylic acids is 1. The minimum absolute atomic E-state index is 0.0229. The molecule has 0 saturated carbocycles. The molecule has 0 atom stereocenters. The number of nitrogens with zero attached hydrogens (tertiary/aromatic N) is 1. The number of aryl methyl sites for hydroxylation is 2. The van der Waals surface area contributed by atoms with E-state index in [0.29, 0.717) is 22.5 Å². The van der Waals surface area contributed by atoms with Crippen molar-refractivity contribution in [1.29, 1.82) is 0 Å². The molecule has 5 nitrogen and oxygen atoms in total. The molecule has 4 rings (SSSR count). The highest BCUT2D eigenvalue weighted by molar-refractivity contribution is 6.05. The number of nitro groups is 1. The summed E-state index contributed by atoms with van der Waals surface area (Å²) in [5, 5.41) is 13.3. The maximum atomic E-state index is 12.3. The number of benzene rings is 3. The number of ether oxygens (including phenoxy) is 1. The van der Waals surface area contributed by atoms with E-state index in [-0.39, 0.29) is 5.69 Å². The van der Waals surface area contributed by atoms with Gasteiger partial charge in [0.15, 0.2) is 0 Å². The standard InChI is InChI=1S/C23H17NO4/c1-14-3-6-18-12-19(8-7-17(18)9-14)22-13-20(23(25)28-22)10-16-5-4-15(2)21(11-16)24(26)27/h3-13H,1-2H3/b20-10-. The summed E-state index contributed by atoms with van der Waals surface area (Å²) in [6, 6.07) is 16.9. The molecule has 0 unspecified atom stereocenters. The lowest BCUT2D eigenvalue weighted by Crippen LogP contribution is -1.97. The lowest BCUT2D eigenvalue weighted by molar-refractivity contribution is -0.385. The molecule has 0 saturated heterocycles. The lowest BCUT2D eigenvalue weighted by Gasteiger charge is -2.05. The van der Waals surface area contributed by atoms with Gasteiger partial charge < -0.3 is 4.74 Å². The van der Waals surface area contributed by atoms with Crippen LogP contribution in [0.1, 0.15) is 22.3 Å². The number of hydrogen-bond acceptors (Lipinski definition) is 4. The van der Waals surface area contributed by atoms with Crippen LogP contribution in [-0.4, -0.2) is 10.9 Å². The monoisotopic (exact) mass is 371 g/mol. The van der Waals surface area contributed by atoms with E-state index in [1.807, 2.05) is 37.3 Å². The fourth-order valence-electron chi connectivity index (χ4n) is 3.24. The number of rotatable bonds is 3. The zero-order chi connectivity index (χ0) is 19.8. The van der Waals surface area contributed by atoms with Crippen LogP contribution in [0.5, 0.6) is 0 Å². The molecule has 138 valence electrons. The van der Waals surface area contributed by atoms with Crippen molar-refractivity contribution >= 4 is 34.3 Å². The van der Waals surface area contributed by atoms with Gasteiger partial charge in [0.05, 0.1) is 10.5 Å². The van der Waals surface area contributed by atoms with Crippen molar-refractivity contribution in [2.24, 2.45) is 0 Å². The van der Waals surface area contributed by atoms with E-state index in [9.17, 15) is 14.9 Å². The molecule has 0 radical (unpaired) electrons. The van der Waals surface area contributed by atoms with Crippen LogP contribution in [0.15, 0.2) is 66.2 Å². The fraction of sp³-hybridized carbons (Fsp3) is 0.0870. The van der Waals surface area contributed by atoms with Gasteiger partial charge in [0.25, 0.3) is 5.69 Å². The van der Waals surface area contributed by atoms with Crippen molar-refractivity contribution in [2.75, 3.05) is 0 Å². The first-order valence-electron chi connectivity index (χ1n) is 8.82. The summed E-state index contributed by atoms with van der Waals surface area (Å²) in [6.07, 6.45) is 3.27. The highest BCUT2D eigenvalue weighted by Gasteiger charge is 2.22. The number of hydrogen-bond donors (Lipinski definition) is 0. The van der Waals surface area contributed by atoms with Gasteiger partial charge in [0.1, 0.15) is 5.76 Å². The summed E-state index contributed by atoms with van der Waals surface area (Å²) in [5.74, 6) is 0.00238. The quantitative estimate of drug-likeness (QED) is 0.269. The summed E-state index contributed by atoms with van der Waals surface area (Å²) in [5.41, 5.74) is 3.53. The predicted molar refractivity (Wildman–Crippen MR) is 109 cm³/mol. The third kappa shape index (κ3) is 3.30. The van der Waals surface area contributed by atoms with Gasteiger partial charge in [-0.05, 0) is 48.4 Å². The SMILES string of the molecule is Cc1ccc2cc(C3=C/C(=C/c4ccc(C)c([N+](=O)[O-])c4)C(=O)O3)ccc2c1. The van der Waals surface area contributed by atoms with Crippen LogP contribution in [0.25, 0.3) is 22.6 Å². The molecule has 0 aliphatic carbocycles. The van der Waals surface area contributed by atoms with Crippen LogP contribution in [0.2, 0.25) is 0 Å². The molecular weight excluding hydrogens is 354 g/mol. The number of fused-ring (bicyclic) bond motifs is 1. The Kier molecular flexibility index (Phi) is 4.28. The second kappa shape index (κ2) is 6.78. The average molecular weight is 371 g/mol. The normalized spacial score (nSPS) is 15.0. The van der Waals surface area contributed by atoms with Crippen LogP contribution in [0, 0.1) is 24.0 Å². The maximum Gasteiger partial charge on any atom is 0.343 e. The summed E-state index contributed by atoms with van der Waals surface area (Å²) >= 11 is 0. The summed E-state index contributed by atoms with van der Waals surface area (Å²) in [7, 11) is 0. The number of cyclic esters (lactones) is 1. The Morgan fingerprint density at radius 3 is 2.50 bits per heavy atom. The zero-order valence-electron chi connectivity index (χ0n) is 15.4. The van der Waals surface area contributed by atoms with Gasteiger partial charge >= 0.3 is 5.97 Å². The lowest BCUT2D eigenvalue weighted by atomic mass is 10.0. The number of esters is 1. The third-order valence-electron chi connectivity index (χ3n) is 4.76. The Bertz CT molecular complexity index is 1200. The summed E-state index contributed by atoms with van der Waals surface area (Å²) < 4.78 is 5.43. The first kappa shape index (κ1) is 17.7. The Morgan fingerprint density at radius 1 is 0.964 bits per heavy atom. The largest absolute Gasteiger partial charge is 0.422 e. The van der Waals surface area contributed by atoms with Crippen molar-refractivity contribution in [1.82, 2.24) is 0 Å². The molecule has 0 bridgehead atoms. The van der Waals surface area contributed by atoms with E-state index in [1.165, 1.54) is 11.6 Å². The minimum Gasteiger partial charge on any atom is -0.422 e. The topological polar surface area (TPSA) is 69.4 Å². The zero-order valence-corrected chi connectivity index (χ0v) is 15.4. The molecule has 0 fully saturated rings. The van der Waals surface area contributed by atoms with Gasteiger partial charge in [-0.15, -0.1) is 0 Å². The van der Waals surface area contributed by atoms with Crippen molar-refractivity contribution < 1.29 is 14.5 Å². The summed E-state index contributed by atoms with van der Waals surface area (Å²) in [6.45, 7) is 3.72. The molecule has 0 amide bonds. The fourth-order valence-corrected chi connectivity index (χ4v) is 3.24. The number of carbonyl (C=O) groups is 1. The second-order valence-electron chi connectivity index (χ2n) is 6.87. The molecule has 1 heterocycles. The molecule has 0 spiro atoms. The van der Waals surface area contributed by atoms with Crippen LogP contribution >= 0.6 is 0 Å². The Morgan fingerprint density at radius 2 is 1.71 bits per heavy atom. The van der Waals surface area contributed by atoms with Crippen LogP contribution < -0.4 is 0 Å². The Hall–Kier alpha value is -3.73. The minimum atomic E-state index is -0.470. The molecule has 3 aromatic carbocycles. The predicted octanol–water partition coefficient (Wildman–Crippen LogP) is 5.35. The molecular formula is C23H17NO4. The average Bonchev–Trinajstić information content (AvgIpc) is 3.03. The van der Waals surface area contributed by atoms with Gasteiger partial charge in [-0.25, -0.2) is 4.79 Å². The molecule has 0 N–H and O–H groups in total. The smallest absolute Gasteiger partial charge is 0.343 e. The van der Waals surface area contributed by atoms with E-state index in [1.54, 1.807) is 31.2 Å². The first-order chi connectivity index (χ1) is 13.4. The van der Waals surface area contributed by atoms with Crippen molar-refractivity contribution in [3.63, 3.8) is 0 Å². The number of nitro benzene ring substituents is 1. The van der Waals surface area contributed by atoms with Gasteiger partial charge in [-0.1, -0.05) is 48.0 Å². The summed E-state index contributed by atoms with van der Waals surface area (Å²) in [4.78, 5) is 23.0. The molecule has 1 aliphatic rings. The van der Waals surface area contributed by atoms with Crippen molar-refractivity contribution in [2.45, 2.75) is 13.8 Å². The van der Waals surface area contributed by atoms with Crippen molar-refractivity contribution in [3.8, 4) is 0 Å². The van der Waals surface area contributed by atoms with Gasteiger partial charge in [0.2, 0.25) is 0 Å². The van der Waals surface area contributed by atoms with Crippen LogP contribution in [0.3, 0.4) is 0 Å². The highest BCUT2D eigenvalue weighted by atomic mass is 16.6.